The number of hydrogen-bond acceptors (Lipinski definition) is 4. The fourth-order valence-electron chi connectivity index (χ4n) is 3.37. The minimum Gasteiger partial charge on any atom is -0.351 e. The van der Waals surface area contributed by atoms with Gasteiger partial charge in [-0.2, -0.15) is 0 Å². The Bertz CT molecular complexity index is 777. The fourth-order valence-corrected chi connectivity index (χ4v) is 3.56. The van der Waals surface area contributed by atoms with Crippen LogP contribution in [0.1, 0.15) is 34.8 Å². The fraction of sp³-hybridized carbons (Fsp3) is 0.389. The van der Waals surface area contributed by atoms with E-state index in [0.29, 0.717) is 17.6 Å². The number of benzene rings is 1. The zero-order valence-corrected chi connectivity index (χ0v) is 14.3. The van der Waals surface area contributed by atoms with Gasteiger partial charge in [0.2, 0.25) is 5.95 Å². The number of likely N-dealkylation sites (tertiary alicyclic amines) is 1. The Morgan fingerprint density at radius 2 is 2.00 bits per heavy atom. The molecule has 4 rings (SSSR count). The van der Waals surface area contributed by atoms with Gasteiger partial charge in [0.25, 0.3) is 5.91 Å². The van der Waals surface area contributed by atoms with E-state index in [9.17, 15) is 4.79 Å². The number of halogens is 1. The molecule has 24 heavy (non-hydrogen) atoms. The molecule has 1 aliphatic carbocycles. The molecule has 1 saturated heterocycles. The number of carbonyl (C=O) groups is 1. The molecule has 6 heteroatoms. The van der Waals surface area contributed by atoms with Crippen LogP contribution >= 0.6 is 11.6 Å². The first kappa shape index (κ1) is 15.4. The zero-order chi connectivity index (χ0) is 16.7. The Morgan fingerprint density at radius 3 is 2.67 bits per heavy atom. The summed E-state index contributed by atoms with van der Waals surface area (Å²) in [6, 6.07) is 6.61. The highest BCUT2D eigenvalue weighted by molar-refractivity contribution is 6.30. The number of nitrogens with zero attached hydrogens (tertiary/aromatic N) is 3. The molecule has 0 spiro atoms. The van der Waals surface area contributed by atoms with Crippen LogP contribution in [0.2, 0.25) is 5.02 Å². The number of amides is 1. The smallest absolute Gasteiger partial charge is 0.257 e. The van der Waals surface area contributed by atoms with Crippen molar-refractivity contribution in [3.05, 3.63) is 52.3 Å². The van der Waals surface area contributed by atoms with E-state index in [-0.39, 0.29) is 11.9 Å². The molecule has 5 nitrogen and oxygen atoms in total. The molecular weight excluding hydrogens is 324 g/mol. The number of hydrogen-bond donors (Lipinski definition) is 1. The van der Waals surface area contributed by atoms with Crippen molar-refractivity contribution in [2.45, 2.75) is 38.3 Å². The molecular formula is C18H19ClN4O. The van der Waals surface area contributed by atoms with Gasteiger partial charge in [0, 0.05) is 36.0 Å². The van der Waals surface area contributed by atoms with Crippen LogP contribution in [0.25, 0.3) is 0 Å². The van der Waals surface area contributed by atoms with Crippen LogP contribution in [0.4, 0.5) is 5.95 Å². The van der Waals surface area contributed by atoms with E-state index in [2.05, 4.69) is 28.3 Å². The van der Waals surface area contributed by atoms with Gasteiger partial charge >= 0.3 is 0 Å². The lowest BCUT2D eigenvalue weighted by Gasteiger charge is -2.38. The molecule has 1 aromatic carbocycles. The lowest BCUT2D eigenvalue weighted by atomic mass is 10.0. The molecule has 2 aromatic rings. The van der Waals surface area contributed by atoms with Gasteiger partial charge in [0.15, 0.2) is 0 Å². The topological polar surface area (TPSA) is 58.1 Å². The van der Waals surface area contributed by atoms with Crippen molar-refractivity contribution in [1.82, 2.24) is 14.9 Å². The van der Waals surface area contributed by atoms with Crippen molar-refractivity contribution >= 4 is 23.5 Å². The summed E-state index contributed by atoms with van der Waals surface area (Å²) in [5, 5.41) is 4.12. The number of nitrogens with one attached hydrogen (secondary N) is 1. The standard InChI is InChI=1S/C18H19ClN4O/c1-11-4-5-23(11)17(24)14-9-20-18(21-10-14)22-16-7-12-2-3-15(19)6-13(12)8-16/h2-3,6,9-11,16H,4-5,7-8H2,1H3,(H,20,21,22)/t11-,16?/m0/s1. The average molecular weight is 343 g/mol. The molecule has 2 aliphatic rings. The van der Waals surface area contributed by atoms with Crippen LogP contribution in [0, 0.1) is 0 Å². The first-order valence-corrected chi connectivity index (χ1v) is 8.65. The number of rotatable bonds is 3. The van der Waals surface area contributed by atoms with E-state index in [1.54, 1.807) is 12.4 Å². The van der Waals surface area contributed by atoms with Crippen LogP contribution < -0.4 is 5.32 Å². The second-order valence-electron chi connectivity index (χ2n) is 6.59. The molecule has 0 saturated carbocycles. The van der Waals surface area contributed by atoms with E-state index >= 15 is 0 Å². The Hall–Kier alpha value is -2.14. The van der Waals surface area contributed by atoms with Gasteiger partial charge in [0.1, 0.15) is 0 Å². The molecule has 0 bridgehead atoms. The molecule has 1 N–H and O–H groups in total. The van der Waals surface area contributed by atoms with Gasteiger partial charge < -0.3 is 10.2 Å². The van der Waals surface area contributed by atoms with E-state index in [0.717, 1.165) is 30.8 Å². The summed E-state index contributed by atoms with van der Waals surface area (Å²) < 4.78 is 0. The maximum absolute atomic E-state index is 12.3. The van der Waals surface area contributed by atoms with E-state index in [4.69, 9.17) is 11.6 Å². The van der Waals surface area contributed by atoms with Gasteiger partial charge in [-0.25, -0.2) is 9.97 Å². The lowest BCUT2D eigenvalue weighted by Crippen LogP contribution is -2.49. The van der Waals surface area contributed by atoms with Crippen molar-refractivity contribution in [1.29, 1.82) is 0 Å². The van der Waals surface area contributed by atoms with Crippen molar-refractivity contribution in [3.8, 4) is 0 Å². The van der Waals surface area contributed by atoms with E-state index < -0.39 is 0 Å². The van der Waals surface area contributed by atoms with Crippen molar-refractivity contribution in [3.63, 3.8) is 0 Å². The van der Waals surface area contributed by atoms with Crippen molar-refractivity contribution in [2.75, 3.05) is 11.9 Å². The van der Waals surface area contributed by atoms with E-state index in [1.807, 2.05) is 17.0 Å². The number of fused-ring (bicyclic) bond motifs is 1. The number of carbonyl (C=O) groups excluding carboxylic acids is 1. The normalized spacial score (nSPS) is 22.0. The molecule has 2 atom stereocenters. The minimum absolute atomic E-state index is 0.0169. The summed E-state index contributed by atoms with van der Waals surface area (Å²) in [6.45, 7) is 2.88. The predicted octanol–water partition coefficient (Wildman–Crippen LogP) is 2.94. The summed E-state index contributed by atoms with van der Waals surface area (Å²) >= 11 is 6.05. The third-order valence-electron chi connectivity index (χ3n) is 4.91. The summed E-state index contributed by atoms with van der Waals surface area (Å²) in [4.78, 5) is 22.8. The second kappa shape index (κ2) is 6.06. The highest BCUT2D eigenvalue weighted by Crippen LogP contribution is 2.26. The highest BCUT2D eigenvalue weighted by atomic mass is 35.5. The molecule has 1 aromatic heterocycles. The quantitative estimate of drug-likeness (QED) is 0.931. The Labute approximate surface area is 146 Å². The molecule has 0 radical (unpaired) electrons. The monoisotopic (exact) mass is 342 g/mol. The molecule has 1 amide bonds. The van der Waals surface area contributed by atoms with Crippen LogP contribution in [0.5, 0.6) is 0 Å². The van der Waals surface area contributed by atoms with Crippen LogP contribution in [-0.2, 0) is 12.8 Å². The number of aromatic nitrogens is 2. The summed E-state index contributed by atoms with van der Waals surface area (Å²) in [6.07, 6.45) is 6.13. The van der Waals surface area contributed by atoms with Gasteiger partial charge in [-0.3, -0.25) is 4.79 Å². The minimum atomic E-state index is 0.0169. The summed E-state index contributed by atoms with van der Waals surface area (Å²) in [5.41, 5.74) is 3.14. The molecule has 124 valence electrons. The van der Waals surface area contributed by atoms with Crippen molar-refractivity contribution in [2.24, 2.45) is 0 Å². The Balaban J connectivity index is 1.40. The Morgan fingerprint density at radius 1 is 1.25 bits per heavy atom. The van der Waals surface area contributed by atoms with Gasteiger partial charge in [-0.05, 0) is 49.4 Å². The highest BCUT2D eigenvalue weighted by Gasteiger charge is 2.29. The third-order valence-corrected chi connectivity index (χ3v) is 5.15. The maximum Gasteiger partial charge on any atom is 0.257 e. The van der Waals surface area contributed by atoms with Gasteiger partial charge in [0.05, 0.1) is 5.56 Å². The summed E-state index contributed by atoms with van der Waals surface area (Å²) in [5.74, 6) is 0.579. The lowest BCUT2D eigenvalue weighted by molar-refractivity contribution is 0.0501. The average Bonchev–Trinajstić information content (AvgIpc) is 2.95. The molecule has 1 aliphatic heterocycles. The SMILES string of the molecule is C[C@H]1CCN1C(=O)c1cnc(NC2Cc3ccc(Cl)cc3C2)nc1. The third kappa shape index (κ3) is 2.84. The van der Waals surface area contributed by atoms with Crippen LogP contribution in [0.3, 0.4) is 0 Å². The first-order chi connectivity index (χ1) is 11.6. The maximum atomic E-state index is 12.3. The van der Waals surface area contributed by atoms with Crippen molar-refractivity contribution < 1.29 is 4.79 Å². The second-order valence-corrected chi connectivity index (χ2v) is 7.03. The van der Waals surface area contributed by atoms with Gasteiger partial charge in [-0.1, -0.05) is 17.7 Å². The first-order valence-electron chi connectivity index (χ1n) is 8.27. The predicted molar refractivity (Wildman–Crippen MR) is 93.4 cm³/mol. The van der Waals surface area contributed by atoms with Crippen LogP contribution in [-0.4, -0.2) is 39.4 Å². The summed E-state index contributed by atoms with van der Waals surface area (Å²) in [7, 11) is 0. The Kier molecular flexibility index (Phi) is 3.88. The zero-order valence-electron chi connectivity index (χ0n) is 13.5. The number of anilines is 1. The molecule has 1 unspecified atom stereocenters. The van der Waals surface area contributed by atoms with E-state index in [1.165, 1.54) is 11.1 Å². The van der Waals surface area contributed by atoms with Gasteiger partial charge in [-0.15, -0.1) is 0 Å². The molecule has 1 fully saturated rings. The van der Waals surface area contributed by atoms with Crippen LogP contribution in [0.15, 0.2) is 30.6 Å². The largest absolute Gasteiger partial charge is 0.351 e. The molecule has 2 heterocycles.